The molecule has 0 saturated heterocycles. The molecule has 0 aliphatic heterocycles. The van der Waals surface area contributed by atoms with E-state index in [0.717, 1.165) is 46.4 Å². The lowest BCUT2D eigenvalue weighted by Crippen LogP contribution is -2.30. The van der Waals surface area contributed by atoms with Gasteiger partial charge >= 0.3 is 14.0 Å². The van der Waals surface area contributed by atoms with E-state index in [9.17, 15) is 37.0 Å². The van der Waals surface area contributed by atoms with Crippen LogP contribution in [0.3, 0.4) is 0 Å². The summed E-state index contributed by atoms with van der Waals surface area (Å²) in [5.41, 5.74) is -3.63. The van der Waals surface area contributed by atoms with Crippen LogP contribution in [0.5, 0.6) is 11.5 Å². The van der Waals surface area contributed by atoms with Crippen LogP contribution in [-0.4, -0.2) is 32.5 Å². The van der Waals surface area contributed by atoms with Gasteiger partial charge in [0.25, 0.3) is 11.1 Å². The Hall–Kier alpha value is -4.39. The number of benzene rings is 2. The minimum absolute atomic E-state index is 0.0325. The molecule has 2 aromatic heterocycles. The molecule has 0 fully saturated rings. The summed E-state index contributed by atoms with van der Waals surface area (Å²) in [7, 11) is -4.19. The molecule has 0 aliphatic rings. The molecule has 0 unspecified atom stereocenters. The van der Waals surface area contributed by atoms with Gasteiger partial charge in [0, 0.05) is 5.02 Å². The van der Waals surface area contributed by atoms with Crippen LogP contribution in [0.15, 0.2) is 64.4 Å². The molecular weight excluding hydrogens is 709 g/mol. The summed E-state index contributed by atoms with van der Waals surface area (Å²) in [5.74, 6) is -2.13. The quantitative estimate of drug-likeness (QED) is 0.0636. The number of unbranched alkanes of at least 4 members (excludes halogenated alkanes) is 2. The highest BCUT2D eigenvalue weighted by Crippen LogP contribution is 2.50. The molecular formula is C32H31ClF4N5O7P. The van der Waals surface area contributed by atoms with Gasteiger partial charge in [-0.2, -0.15) is 23.5 Å². The van der Waals surface area contributed by atoms with Crippen molar-refractivity contribution < 1.29 is 40.4 Å². The smallest absolute Gasteiger partial charge is 0.449 e. The fraction of sp³-hybridized carbons (Fsp3) is 0.344. The van der Waals surface area contributed by atoms with Gasteiger partial charge < -0.3 is 4.74 Å². The Morgan fingerprint density at radius 3 is 2.22 bits per heavy atom. The molecule has 0 N–H and O–H groups in total. The Morgan fingerprint density at radius 1 is 0.960 bits per heavy atom. The normalized spacial score (nSPS) is 11.8. The van der Waals surface area contributed by atoms with Gasteiger partial charge in [0.2, 0.25) is 5.75 Å². The maximum Gasteiger partial charge on any atom is 0.476 e. The van der Waals surface area contributed by atoms with Crippen LogP contribution in [0.2, 0.25) is 5.02 Å². The van der Waals surface area contributed by atoms with E-state index < -0.39 is 55.7 Å². The molecule has 0 spiro atoms. The number of phosphoric ester groups is 1. The van der Waals surface area contributed by atoms with Gasteiger partial charge in [0.1, 0.15) is 11.6 Å². The second kappa shape index (κ2) is 17.0. The molecule has 0 saturated carbocycles. The number of halogens is 5. The fourth-order valence-corrected chi connectivity index (χ4v) is 5.74. The maximum atomic E-state index is 14.0. The van der Waals surface area contributed by atoms with Crippen molar-refractivity contribution in [1.82, 2.24) is 19.3 Å². The summed E-state index contributed by atoms with van der Waals surface area (Å²) in [6.07, 6.45) is -1.95. The molecule has 0 bridgehead atoms. The average Bonchev–Trinajstić information content (AvgIpc) is 3.06. The van der Waals surface area contributed by atoms with Gasteiger partial charge in [-0.15, -0.1) is 0 Å². The molecule has 4 rings (SSSR count). The largest absolute Gasteiger partial charge is 0.476 e. The lowest BCUT2D eigenvalue weighted by atomic mass is 10.1. The van der Waals surface area contributed by atoms with Gasteiger partial charge in [-0.1, -0.05) is 50.4 Å². The topological polar surface area (TPSA) is 148 Å². The summed E-state index contributed by atoms with van der Waals surface area (Å²) in [6.45, 7) is 2.59. The Morgan fingerprint density at radius 2 is 1.62 bits per heavy atom. The number of aromatic nitrogens is 4. The highest BCUT2D eigenvalue weighted by atomic mass is 35.5. The van der Waals surface area contributed by atoms with Crippen molar-refractivity contribution >= 4 is 19.4 Å². The average molecular weight is 740 g/mol. The van der Waals surface area contributed by atoms with E-state index in [4.69, 9.17) is 29.9 Å². The molecule has 50 heavy (non-hydrogen) atoms. The predicted octanol–water partition coefficient (Wildman–Crippen LogP) is 7.71. The van der Waals surface area contributed by atoms with Crippen LogP contribution in [-0.2, 0) is 37.6 Å². The van der Waals surface area contributed by atoms with E-state index in [1.54, 1.807) is 6.07 Å². The minimum Gasteiger partial charge on any atom is -0.449 e. The summed E-state index contributed by atoms with van der Waals surface area (Å²) in [6, 6.07) is 11.3. The van der Waals surface area contributed by atoms with Crippen molar-refractivity contribution in [2.45, 2.75) is 59.0 Å². The monoisotopic (exact) mass is 739 g/mol. The third-order valence-electron chi connectivity index (χ3n) is 6.83. The first-order chi connectivity index (χ1) is 23.8. The van der Waals surface area contributed by atoms with Crippen molar-refractivity contribution in [2.75, 3.05) is 13.2 Å². The summed E-state index contributed by atoms with van der Waals surface area (Å²) >= 11 is 5.97. The van der Waals surface area contributed by atoms with E-state index in [0.29, 0.717) is 19.2 Å². The van der Waals surface area contributed by atoms with Crippen LogP contribution in [0.25, 0.3) is 11.1 Å². The van der Waals surface area contributed by atoms with E-state index in [2.05, 4.69) is 10.1 Å². The summed E-state index contributed by atoms with van der Waals surface area (Å²) in [4.78, 5) is 30.5. The maximum absolute atomic E-state index is 14.0. The SMILES string of the molecule is CCCCOP(=O)(OCCCC)OCn1nc(Cn2cnc(C(F)(F)F)c(Oc3cc(Cl)cc(C#N)c3)c2=O)cc(-c2ccc(F)cc2)c1=O. The van der Waals surface area contributed by atoms with Crippen molar-refractivity contribution in [3.8, 4) is 28.7 Å². The number of nitriles is 1. The fourth-order valence-electron chi connectivity index (χ4n) is 4.33. The van der Waals surface area contributed by atoms with Crippen molar-refractivity contribution in [2.24, 2.45) is 0 Å². The highest BCUT2D eigenvalue weighted by molar-refractivity contribution is 7.48. The number of hydrogen-bond donors (Lipinski definition) is 0. The first-order valence-electron chi connectivity index (χ1n) is 15.2. The van der Waals surface area contributed by atoms with Crippen LogP contribution in [0, 0.1) is 17.1 Å². The molecule has 2 aromatic carbocycles. The molecule has 18 heteroatoms. The van der Waals surface area contributed by atoms with E-state index in [-0.39, 0.29) is 46.4 Å². The van der Waals surface area contributed by atoms with E-state index >= 15 is 0 Å². The van der Waals surface area contributed by atoms with Gasteiger partial charge in [0.15, 0.2) is 12.4 Å². The number of rotatable bonds is 16. The number of hydrogen-bond acceptors (Lipinski definition) is 10. The highest BCUT2D eigenvalue weighted by Gasteiger charge is 2.39. The van der Waals surface area contributed by atoms with E-state index in [1.807, 2.05) is 13.8 Å². The van der Waals surface area contributed by atoms with Crippen LogP contribution in [0.4, 0.5) is 17.6 Å². The van der Waals surface area contributed by atoms with Gasteiger partial charge in [-0.05, 0) is 54.8 Å². The first-order valence-corrected chi connectivity index (χ1v) is 17.1. The van der Waals surface area contributed by atoms with Crippen LogP contribution < -0.4 is 15.9 Å². The molecule has 2 heterocycles. The number of alkyl halides is 3. The Bertz CT molecular complexity index is 2000. The molecule has 4 aromatic rings. The third-order valence-corrected chi connectivity index (χ3v) is 8.48. The summed E-state index contributed by atoms with van der Waals surface area (Å²) < 4.78 is 92.1. The standard InChI is InChI=1S/C32H31ClF4N5O7P/c1-3-5-11-46-50(45,47-12-6-4-2)48-20-42-30(43)27(22-7-9-24(34)10-8-22)16-25(40-42)18-41-19-39-29(32(35,36)37)28(31(41)44)49-26-14-21(17-38)13-23(33)15-26/h7-10,13-16,19H,3-6,11-12,18,20H2,1-2H3. The van der Waals surface area contributed by atoms with Crippen LogP contribution in [0.1, 0.15) is 56.5 Å². The predicted molar refractivity (Wildman–Crippen MR) is 173 cm³/mol. The zero-order valence-electron chi connectivity index (χ0n) is 26.8. The summed E-state index contributed by atoms with van der Waals surface area (Å²) in [5, 5.41) is 13.4. The van der Waals surface area contributed by atoms with Crippen molar-refractivity contribution in [1.29, 1.82) is 5.26 Å². The van der Waals surface area contributed by atoms with Crippen molar-refractivity contribution in [3.05, 3.63) is 103 Å². The molecule has 0 amide bonds. The second-order valence-electron chi connectivity index (χ2n) is 10.7. The number of phosphoric acid groups is 1. The van der Waals surface area contributed by atoms with Gasteiger partial charge in [0.05, 0.1) is 49.0 Å². The molecule has 0 radical (unpaired) electrons. The number of nitrogens with zero attached hydrogens (tertiary/aromatic N) is 5. The number of ether oxygens (including phenoxy) is 1. The lowest BCUT2D eigenvalue weighted by Gasteiger charge is -2.19. The molecule has 0 aliphatic carbocycles. The van der Waals surface area contributed by atoms with Gasteiger partial charge in [-0.25, -0.2) is 18.6 Å². The Kier molecular flexibility index (Phi) is 13.1. The first kappa shape index (κ1) is 38.4. The third kappa shape index (κ3) is 10.1. The van der Waals surface area contributed by atoms with E-state index in [1.165, 1.54) is 24.3 Å². The molecule has 12 nitrogen and oxygen atoms in total. The lowest BCUT2D eigenvalue weighted by molar-refractivity contribution is -0.142. The zero-order chi connectivity index (χ0) is 36.5. The van der Waals surface area contributed by atoms with Gasteiger partial charge in [-0.3, -0.25) is 27.7 Å². The second-order valence-corrected chi connectivity index (χ2v) is 12.8. The van der Waals surface area contributed by atoms with Crippen LogP contribution >= 0.6 is 19.4 Å². The Labute approximate surface area is 288 Å². The minimum atomic E-state index is -5.12. The molecule has 266 valence electrons. The molecule has 0 atom stereocenters. The van der Waals surface area contributed by atoms with Crippen molar-refractivity contribution in [3.63, 3.8) is 0 Å². The Balaban J connectivity index is 1.77. The zero-order valence-corrected chi connectivity index (χ0v) is 28.4.